The van der Waals surface area contributed by atoms with Crippen LogP contribution >= 0.6 is 0 Å². The molecule has 2 rings (SSSR count). The van der Waals surface area contributed by atoms with Crippen molar-refractivity contribution in [2.75, 3.05) is 0 Å². The summed E-state index contributed by atoms with van der Waals surface area (Å²) in [6, 6.07) is 5.63. The minimum absolute atomic E-state index is 0.0255. The van der Waals surface area contributed by atoms with Gasteiger partial charge in [-0.15, -0.1) is 0 Å². The lowest BCUT2D eigenvalue weighted by atomic mass is 9.70. The predicted molar refractivity (Wildman–Crippen MR) is 70.5 cm³/mol. The average molecular weight is 331 g/mol. The number of ether oxygens (including phenoxy) is 2. The number of alkyl halides is 4. The number of nitriles is 1. The summed E-state index contributed by atoms with van der Waals surface area (Å²) >= 11 is 0. The zero-order valence-electron chi connectivity index (χ0n) is 11.9. The highest BCUT2D eigenvalue weighted by atomic mass is 19.3. The molecule has 0 aliphatic heterocycles. The van der Waals surface area contributed by atoms with Crippen molar-refractivity contribution in [3.8, 4) is 17.6 Å². The third-order valence-corrected chi connectivity index (χ3v) is 3.80. The molecule has 0 amide bonds. The predicted octanol–water partition coefficient (Wildman–Crippen LogP) is 3.79. The van der Waals surface area contributed by atoms with Gasteiger partial charge in [0.1, 0.15) is 5.78 Å². The Balaban J connectivity index is 2.39. The van der Waals surface area contributed by atoms with Crippen molar-refractivity contribution < 1.29 is 31.8 Å². The molecular formula is C15H13F4NO3. The highest BCUT2D eigenvalue weighted by molar-refractivity contribution is 5.80. The number of benzene rings is 1. The van der Waals surface area contributed by atoms with Crippen LogP contribution < -0.4 is 9.47 Å². The highest BCUT2D eigenvalue weighted by Crippen LogP contribution is 2.41. The quantitative estimate of drug-likeness (QED) is 0.770. The number of carbonyl (C=O) groups excluding carboxylic acids is 1. The molecule has 0 heterocycles. The van der Waals surface area contributed by atoms with E-state index in [1.807, 2.05) is 0 Å². The Hall–Kier alpha value is -2.30. The summed E-state index contributed by atoms with van der Waals surface area (Å²) < 4.78 is 57.9. The first kappa shape index (κ1) is 17.1. The lowest BCUT2D eigenvalue weighted by Gasteiger charge is -2.31. The van der Waals surface area contributed by atoms with Gasteiger partial charge in [-0.05, 0) is 30.5 Å². The van der Waals surface area contributed by atoms with Gasteiger partial charge in [-0.3, -0.25) is 4.79 Å². The number of carbonyl (C=O) groups is 1. The van der Waals surface area contributed by atoms with Crippen LogP contribution in [0.2, 0.25) is 0 Å². The van der Waals surface area contributed by atoms with Crippen LogP contribution in [0.15, 0.2) is 18.2 Å². The summed E-state index contributed by atoms with van der Waals surface area (Å²) in [7, 11) is 0. The molecule has 0 saturated heterocycles. The number of Topliss-reactive ketones (excluding diaryl/α,β-unsaturated/α-hetero) is 1. The van der Waals surface area contributed by atoms with Crippen LogP contribution in [0.25, 0.3) is 0 Å². The minimum atomic E-state index is -3.23. The van der Waals surface area contributed by atoms with E-state index in [-0.39, 0.29) is 31.5 Å². The number of halogens is 4. The third kappa shape index (κ3) is 3.92. The Morgan fingerprint density at radius 1 is 1.04 bits per heavy atom. The van der Waals surface area contributed by atoms with Crippen molar-refractivity contribution in [2.45, 2.75) is 44.3 Å². The van der Waals surface area contributed by atoms with E-state index in [0.29, 0.717) is 5.56 Å². The molecule has 1 aliphatic carbocycles. The Labute approximate surface area is 129 Å². The maximum atomic E-state index is 12.5. The van der Waals surface area contributed by atoms with E-state index in [9.17, 15) is 27.6 Å². The second-order valence-electron chi connectivity index (χ2n) is 5.15. The van der Waals surface area contributed by atoms with E-state index >= 15 is 0 Å². The van der Waals surface area contributed by atoms with Crippen LogP contribution in [0, 0.1) is 11.3 Å². The Kier molecular flexibility index (Phi) is 5.08. The van der Waals surface area contributed by atoms with E-state index < -0.39 is 30.1 Å². The largest absolute Gasteiger partial charge is 0.431 e. The van der Waals surface area contributed by atoms with Gasteiger partial charge >= 0.3 is 13.2 Å². The van der Waals surface area contributed by atoms with Gasteiger partial charge < -0.3 is 9.47 Å². The fourth-order valence-electron chi connectivity index (χ4n) is 2.61. The maximum Gasteiger partial charge on any atom is 0.387 e. The second kappa shape index (κ2) is 6.86. The Bertz CT molecular complexity index is 618. The molecule has 0 unspecified atom stereocenters. The molecule has 8 heteroatoms. The molecule has 0 bridgehead atoms. The molecule has 1 aromatic carbocycles. The van der Waals surface area contributed by atoms with Gasteiger partial charge in [0, 0.05) is 12.8 Å². The van der Waals surface area contributed by atoms with Crippen molar-refractivity contribution in [1.29, 1.82) is 5.26 Å². The lowest BCUT2D eigenvalue weighted by Crippen LogP contribution is -2.30. The monoisotopic (exact) mass is 331 g/mol. The van der Waals surface area contributed by atoms with Crippen LogP contribution in [0.1, 0.15) is 31.2 Å². The molecular weight excluding hydrogens is 318 g/mol. The summed E-state index contributed by atoms with van der Waals surface area (Å²) in [5.74, 6) is -1.08. The fourth-order valence-corrected chi connectivity index (χ4v) is 2.61. The molecule has 0 aromatic heterocycles. The maximum absolute atomic E-state index is 12.5. The second-order valence-corrected chi connectivity index (χ2v) is 5.15. The molecule has 0 N–H and O–H groups in total. The number of ketones is 1. The minimum Gasteiger partial charge on any atom is -0.431 e. The highest BCUT2D eigenvalue weighted by Gasteiger charge is 2.37. The molecule has 0 spiro atoms. The molecule has 0 atom stereocenters. The smallest absolute Gasteiger partial charge is 0.387 e. The van der Waals surface area contributed by atoms with Gasteiger partial charge in [-0.2, -0.15) is 22.8 Å². The van der Waals surface area contributed by atoms with E-state index in [4.69, 9.17) is 0 Å². The SMILES string of the molecule is N#CC1(c2ccc(OC(F)F)c(OC(F)F)c2)CCC(=O)CC1. The van der Waals surface area contributed by atoms with Crippen LogP contribution in [-0.2, 0) is 10.2 Å². The summed E-state index contributed by atoms with van der Waals surface area (Å²) in [4.78, 5) is 11.3. The van der Waals surface area contributed by atoms with Crippen LogP contribution in [0.5, 0.6) is 11.5 Å². The van der Waals surface area contributed by atoms with Crippen LogP contribution in [0.3, 0.4) is 0 Å². The standard InChI is InChI=1S/C15H13F4NO3/c16-13(17)22-11-2-1-9(7-12(11)23-14(18)19)15(8-20)5-3-10(21)4-6-15/h1-2,7,13-14H,3-6H2. The zero-order valence-corrected chi connectivity index (χ0v) is 11.9. The Morgan fingerprint density at radius 2 is 1.61 bits per heavy atom. The van der Waals surface area contributed by atoms with E-state index in [2.05, 4.69) is 15.5 Å². The first-order valence-electron chi connectivity index (χ1n) is 6.83. The average Bonchev–Trinajstić information content (AvgIpc) is 2.49. The number of hydrogen-bond donors (Lipinski definition) is 0. The van der Waals surface area contributed by atoms with Crippen LogP contribution in [0.4, 0.5) is 17.6 Å². The molecule has 1 fully saturated rings. The summed E-state index contributed by atoms with van der Waals surface area (Å²) in [6.07, 6.45) is 0.888. The molecule has 124 valence electrons. The molecule has 1 aromatic rings. The summed E-state index contributed by atoms with van der Waals surface area (Å²) in [5.41, 5.74) is -0.693. The lowest BCUT2D eigenvalue weighted by molar-refractivity contribution is -0.121. The van der Waals surface area contributed by atoms with Crippen molar-refractivity contribution >= 4 is 5.78 Å². The zero-order chi connectivity index (χ0) is 17.0. The summed E-state index contributed by atoms with van der Waals surface area (Å²) in [5, 5.41) is 9.47. The van der Waals surface area contributed by atoms with Gasteiger partial charge in [0.2, 0.25) is 0 Å². The normalized spacial score (nSPS) is 17.2. The number of rotatable bonds is 5. The molecule has 1 saturated carbocycles. The molecule has 23 heavy (non-hydrogen) atoms. The van der Waals surface area contributed by atoms with Gasteiger partial charge in [-0.25, -0.2) is 0 Å². The first-order chi connectivity index (χ1) is 10.9. The van der Waals surface area contributed by atoms with E-state index in [0.717, 1.165) is 12.1 Å². The molecule has 1 aliphatic rings. The van der Waals surface area contributed by atoms with E-state index in [1.165, 1.54) is 6.07 Å². The number of nitrogens with zero attached hydrogens (tertiary/aromatic N) is 1. The van der Waals surface area contributed by atoms with Gasteiger partial charge in [-0.1, -0.05) is 6.07 Å². The van der Waals surface area contributed by atoms with Gasteiger partial charge in [0.25, 0.3) is 0 Å². The van der Waals surface area contributed by atoms with E-state index in [1.54, 1.807) is 0 Å². The van der Waals surface area contributed by atoms with Crippen molar-refractivity contribution in [1.82, 2.24) is 0 Å². The Morgan fingerprint density at radius 3 is 2.13 bits per heavy atom. The number of hydrogen-bond acceptors (Lipinski definition) is 4. The van der Waals surface area contributed by atoms with Crippen molar-refractivity contribution in [3.05, 3.63) is 23.8 Å². The van der Waals surface area contributed by atoms with Gasteiger partial charge in [0.15, 0.2) is 11.5 Å². The topological polar surface area (TPSA) is 59.3 Å². The third-order valence-electron chi connectivity index (χ3n) is 3.80. The first-order valence-corrected chi connectivity index (χ1v) is 6.83. The van der Waals surface area contributed by atoms with Crippen LogP contribution in [-0.4, -0.2) is 19.0 Å². The van der Waals surface area contributed by atoms with Crippen molar-refractivity contribution in [3.63, 3.8) is 0 Å². The summed E-state index contributed by atoms with van der Waals surface area (Å²) in [6.45, 7) is -6.42. The fraction of sp³-hybridized carbons (Fsp3) is 0.467. The molecule has 4 nitrogen and oxygen atoms in total. The van der Waals surface area contributed by atoms with Crippen molar-refractivity contribution in [2.24, 2.45) is 0 Å². The molecule has 0 radical (unpaired) electrons. The van der Waals surface area contributed by atoms with Gasteiger partial charge in [0.05, 0.1) is 11.5 Å².